The smallest absolute Gasteiger partial charge is 0.0414 e. The highest BCUT2D eigenvalue weighted by Gasteiger charge is 1.97. The van der Waals surface area contributed by atoms with E-state index in [9.17, 15) is 0 Å². The van der Waals surface area contributed by atoms with Crippen molar-refractivity contribution < 1.29 is 0 Å². The first kappa shape index (κ1) is 7.28. The number of nitrogens with two attached hydrogens (primary N) is 1. The van der Waals surface area contributed by atoms with Gasteiger partial charge in [0.2, 0.25) is 0 Å². The Bertz CT molecular complexity index is 238. The first-order valence-electron chi connectivity index (χ1n) is 2.80. The van der Waals surface area contributed by atoms with Crippen LogP contribution in [-0.2, 0) is 0 Å². The van der Waals surface area contributed by atoms with E-state index < -0.39 is 0 Å². The van der Waals surface area contributed by atoms with Gasteiger partial charge in [0.15, 0.2) is 0 Å². The minimum Gasteiger partial charge on any atom is -0.398 e. The Hall–Kier alpha value is -0.830. The number of halogens is 1. The van der Waals surface area contributed by atoms with Crippen LogP contribution in [0.4, 0.5) is 5.69 Å². The summed E-state index contributed by atoms with van der Waals surface area (Å²) in [7, 11) is 0. The van der Waals surface area contributed by atoms with Crippen LogP contribution in [0.2, 0.25) is 0 Å². The molecular formula is C7H7BrN2. The van der Waals surface area contributed by atoms with E-state index in [0.29, 0.717) is 5.69 Å². The molecule has 10 heavy (non-hydrogen) atoms. The molecule has 0 atom stereocenters. The average molecular weight is 199 g/mol. The average Bonchev–Trinajstić information content (AvgIpc) is 1.88. The van der Waals surface area contributed by atoms with E-state index in [1.807, 2.05) is 12.1 Å². The summed E-state index contributed by atoms with van der Waals surface area (Å²) in [5.74, 6) is 0. The lowest BCUT2D eigenvalue weighted by molar-refractivity contribution is 1.52. The van der Waals surface area contributed by atoms with Gasteiger partial charge in [0.05, 0.1) is 0 Å². The SMILES string of the molecule is N=Cc1c(N)cccc1Br. The lowest BCUT2D eigenvalue weighted by atomic mass is 10.2. The summed E-state index contributed by atoms with van der Waals surface area (Å²) in [5, 5.41) is 6.99. The normalized spacial score (nSPS) is 9.30. The van der Waals surface area contributed by atoms with E-state index in [1.165, 1.54) is 6.21 Å². The Morgan fingerprint density at radius 1 is 1.50 bits per heavy atom. The van der Waals surface area contributed by atoms with Crippen molar-refractivity contribution in [2.45, 2.75) is 0 Å². The van der Waals surface area contributed by atoms with Crippen LogP contribution in [0.1, 0.15) is 5.56 Å². The largest absolute Gasteiger partial charge is 0.398 e. The molecule has 0 spiro atoms. The molecule has 0 saturated heterocycles. The second-order valence-electron chi connectivity index (χ2n) is 1.89. The summed E-state index contributed by atoms with van der Waals surface area (Å²) in [5.41, 5.74) is 6.92. The van der Waals surface area contributed by atoms with Crippen LogP contribution in [0.15, 0.2) is 22.7 Å². The zero-order chi connectivity index (χ0) is 7.56. The summed E-state index contributed by atoms with van der Waals surface area (Å²) in [6, 6.07) is 5.47. The number of anilines is 1. The maximum Gasteiger partial charge on any atom is 0.0414 e. The van der Waals surface area contributed by atoms with Crippen molar-refractivity contribution in [1.82, 2.24) is 0 Å². The molecule has 0 aliphatic heterocycles. The van der Waals surface area contributed by atoms with Crippen molar-refractivity contribution in [2.24, 2.45) is 0 Å². The molecule has 0 amide bonds. The maximum atomic E-state index is 6.99. The van der Waals surface area contributed by atoms with Crippen LogP contribution < -0.4 is 5.73 Å². The maximum absolute atomic E-state index is 6.99. The molecule has 1 aromatic carbocycles. The summed E-state index contributed by atoms with van der Waals surface area (Å²) in [4.78, 5) is 0. The molecule has 3 heteroatoms. The van der Waals surface area contributed by atoms with Crippen molar-refractivity contribution in [3.63, 3.8) is 0 Å². The highest BCUT2D eigenvalue weighted by Crippen LogP contribution is 2.19. The number of rotatable bonds is 1. The first-order chi connectivity index (χ1) is 4.75. The van der Waals surface area contributed by atoms with Crippen LogP contribution in [-0.4, -0.2) is 6.21 Å². The Morgan fingerprint density at radius 2 is 2.20 bits per heavy atom. The van der Waals surface area contributed by atoms with Gasteiger partial charge in [-0.3, -0.25) is 0 Å². The second kappa shape index (κ2) is 2.84. The van der Waals surface area contributed by atoms with Gasteiger partial charge in [-0.2, -0.15) is 0 Å². The molecule has 0 aliphatic carbocycles. The molecule has 0 bridgehead atoms. The van der Waals surface area contributed by atoms with Crippen LogP contribution in [0.25, 0.3) is 0 Å². The van der Waals surface area contributed by atoms with Crippen LogP contribution in [0, 0.1) is 5.41 Å². The molecule has 0 unspecified atom stereocenters. The van der Waals surface area contributed by atoms with Gasteiger partial charge in [-0.15, -0.1) is 0 Å². The third-order valence-electron chi connectivity index (χ3n) is 1.23. The number of nitrogens with one attached hydrogen (secondary N) is 1. The summed E-state index contributed by atoms with van der Waals surface area (Å²) >= 11 is 3.28. The standard InChI is InChI=1S/C7H7BrN2/c8-6-2-1-3-7(10)5(6)4-9/h1-4,9H,10H2. The van der Waals surface area contributed by atoms with Crippen molar-refractivity contribution in [2.75, 3.05) is 5.73 Å². The molecule has 3 N–H and O–H groups in total. The van der Waals surface area contributed by atoms with Crippen molar-refractivity contribution in [3.05, 3.63) is 28.2 Å². The molecule has 0 fully saturated rings. The monoisotopic (exact) mass is 198 g/mol. The molecule has 0 heterocycles. The van der Waals surface area contributed by atoms with Gasteiger partial charge in [0.1, 0.15) is 0 Å². The van der Waals surface area contributed by atoms with Crippen LogP contribution in [0.3, 0.4) is 0 Å². The predicted octanol–water partition coefficient (Wildman–Crippen LogP) is 2.03. The molecule has 52 valence electrons. The van der Waals surface area contributed by atoms with Gasteiger partial charge >= 0.3 is 0 Å². The Balaban J connectivity index is 3.30. The fraction of sp³-hybridized carbons (Fsp3) is 0. The van der Waals surface area contributed by atoms with E-state index in [-0.39, 0.29) is 0 Å². The zero-order valence-electron chi connectivity index (χ0n) is 5.26. The van der Waals surface area contributed by atoms with Gasteiger partial charge in [-0.1, -0.05) is 22.0 Å². The quantitative estimate of drug-likeness (QED) is 0.527. The molecular weight excluding hydrogens is 192 g/mol. The number of hydrogen-bond acceptors (Lipinski definition) is 2. The van der Waals surface area contributed by atoms with Crippen LogP contribution >= 0.6 is 15.9 Å². The minimum absolute atomic E-state index is 0.629. The molecule has 1 aromatic rings. The molecule has 0 radical (unpaired) electrons. The molecule has 0 aromatic heterocycles. The first-order valence-corrected chi connectivity index (χ1v) is 3.59. The van der Waals surface area contributed by atoms with E-state index in [1.54, 1.807) is 6.07 Å². The highest BCUT2D eigenvalue weighted by molar-refractivity contribution is 9.10. The number of hydrogen-bond donors (Lipinski definition) is 2. The summed E-state index contributed by atoms with van der Waals surface area (Å²) in [6.07, 6.45) is 1.24. The third-order valence-corrected chi connectivity index (χ3v) is 1.92. The van der Waals surface area contributed by atoms with E-state index in [2.05, 4.69) is 15.9 Å². The van der Waals surface area contributed by atoms with Crippen LogP contribution in [0.5, 0.6) is 0 Å². The Labute approximate surface area is 67.7 Å². The van der Waals surface area contributed by atoms with E-state index in [4.69, 9.17) is 11.1 Å². The molecule has 2 nitrogen and oxygen atoms in total. The number of benzene rings is 1. The van der Waals surface area contributed by atoms with Crippen molar-refractivity contribution in [3.8, 4) is 0 Å². The fourth-order valence-electron chi connectivity index (χ4n) is 0.706. The third kappa shape index (κ3) is 1.19. The lowest BCUT2D eigenvalue weighted by Gasteiger charge is -1.99. The molecule has 0 saturated carbocycles. The predicted molar refractivity (Wildman–Crippen MR) is 46.4 cm³/mol. The number of nitrogen functional groups attached to an aromatic ring is 1. The Morgan fingerprint density at radius 3 is 2.60 bits per heavy atom. The second-order valence-corrected chi connectivity index (χ2v) is 2.74. The van der Waals surface area contributed by atoms with Crippen molar-refractivity contribution in [1.29, 1.82) is 5.41 Å². The van der Waals surface area contributed by atoms with E-state index in [0.717, 1.165) is 10.0 Å². The minimum atomic E-state index is 0.629. The van der Waals surface area contributed by atoms with E-state index >= 15 is 0 Å². The Kier molecular flexibility index (Phi) is 2.06. The van der Waals surface area contributed by atoms with Gasteiger partial charge in [0, 0.05) is 21.9 Å². The lowest BCUT2D eigenvalue weighted by Crippen LogP contribution is -1.92. The summed E-state index contributed by atoms with van der Waals surface area (Å²) in [6.45, 7) is 0. The van der Waals surface area contributed by atoms with Gasteiger partial charge in [-0.25, -0.2) is 0 Å². The highest BCUT2D eigenvalue weighted by atomic mass is 79.9. The molecule has 0 aliphatic rings. The zero-order valence-corrected chi connectivity index (χ0v) is 6.85. The topological polar surface area (TPSA) is 49.9 Å². The van der Waals surface area contributed by atoms with Gasteiger partial charge in [0.25, 0.3) is 0 Å². The fourth-order valence-corrected chi connectivity index (χ4v) is 1.20. The molecule has 1 rings (SSSR count). The summed E-state index contributed by atoms with van der Waals surface area (Å²) < 4.78 is 0.863. The van der Waals surface area contributed by atoms with Crippen molar-refractivity contribution >= 4 is 27.8 Å². The van der Waals surface area contributed by atoms with Gasteiger partial charge < -0.3 is 11.1 Å². The van der Waals surface area contributed by atoms with Gasteiger partial charge in [-0.05, 0) is 12.1 Å².